The number of carbonyl (C=O) groups excluding carboxylic acids is 1. The van der Waals surface area contributed by atoms with Crippen molar-refractivity contribution in [1.29, 1.82) is 0 Å². The molecule has 0 radical (unpaired) electrons. The zero-order valence-electron chi connectivity index (χ0n) is 11.7. The zero-order chi connectivity index (χ0) is 15.6. The minimum atomic E-state index is -3.84. The number of hydrogen-bond acceptors (Lipinski definition) is 4. The average Bonchev–Trinajstić information content (AvgIpc) is 2.61. The molecule has 1 fully saturated rings. The van der Waals surface area contributed by atoms with Crippen LogP contribution >= 0.6 is 0 Å². The quantitative estimate of drug-likeness (QED) is 0.842. The molecule has 1 aromatic rings. The van der Waals surface area contributed by atoms with Crippen LogP contribution in [-0.4, -0.2) is 56.8 Å². The third kappa shape index (κ3) is 3.58. The lowest BCUT2D eigenvalue weighted by Gasteiger charge is -2.22. The van der Waals surface area contributed by atoms with Crippen molar-refractivity contribution in [1.82, 2.24) is 9.21 Å². The Kier molecular flexibility index (Phi) is 4.60. The van der Waals surface area contributed by atoms with Crippen molar-refractivity contribution in [2.45, 2.75) is 4.90 Å². The van der Waals surface area contributed by atoms with E-state index in [1.807, 2.05) is 4.90 Å². The van der Waals surface area contributed by atoms with Crippen molar-refractivity contribution in [3.8, 4) is 0 Å². The van der Waals surface area contributed by atoms with Crippen molar-refractivity contribution in [2.75, 3.05) is 33.2 Å². The van der Waals surface area contributed by atoms with Crippen LogP contribution in [0.15, 0.2) is 29.2 Å². The van der Waals surface area contributed by atoms with Gasteiger partial charge in [0.25, 0.3) is 0 Å². The summed E-state index contributed by atoms with van der Waals surface area (Å²) >= 11 is 0. The standard InChI is InChI=1S/C13H18FN3O3S/c1-16-5-6-17(9-10(8-16)13(15)18)21(19,20)12-4-2-3-11(14)7-12/h2-4,7,10H,5-6,8-9H2,1H3,(H2,15,18)/t10-/m1/s1. The third-order valence-electron chi connectivity index (χ3n) is 3.52. The van der Waals surface area contributed by atoms with Gasteiger partial charge in [0.05, 0.1) is 10.8 Å². The number of likely N-dealkylation sites (N-methyl/N-ethyl adjacent to an activating group) is 1. The Bertz CT molecular complexity index is 635. The highest BCUT2D eigenvalue weighted by Gasteiger charge is 2.32. The smallest absolute Gasteiger partial charge is 0.243 e. The van der Waals surface area contributed by atoms with E-state index in [9.17, 15) is 17.6 Å². The molecular weight excluding hydrogens is 297 g/mol. The normalized spacial score (nSPS) is 21.9. The van der Waals surface area contributed by atoms with E-state index in [1.165, 1.54) is 22.5 Å². The highest BCUT2D eigenvalue weighted by Crippen LogP contribution is 2.20. The Hall–Kier alpha value is -1.51. The molecule has 1 aliphatic rings. The fourth-order valence-electron chi connectivity index (χ4n) is 2.32. The Balaban J connectivity index is 2.32. The molecule has 0 aromatic heterocycles. The van der Waals surface area contributed by atoms with E-state index in [0.29, 0.717) is 13.1 Å². The van der Waals surface area contributed by atoms with Gasteiger partial charge >= 0.3 is 0 Å². The molecule has 0 saturated carbocycles. The Morgan fingerprint density at radius 2 is 2.05 bits per heavy atom. The molecule has 0 bridgehead atoms. The molecule has 1 amide bonds. The summed E-state index contributed by atoms with van der Waals surface area (Å²) in [5.41, 5.74) is 5.32. The fourth-order valence-corrected chi connectivity index (χ4v) is 3.83. The highest BCUT2D eigenvalue weighted by molar-refractivity contribution is 7.89. The van der Waals surface area contributed by atoms with Crippen molar-refractivity contribution >= 4 is 15.9 Å². The number of carbonyl (C=O) groups is 1. The number of hydrogen-bond donors (Lipinski definition) is 1. The lowest BCUT2D eigenvalue weighted by Crippen LogP contribution is -2.40. The number of nitrogens with two attached hydrogens (primary N) is 1. The molecule has 2 rings (SSSR count). The van der Waals surface area contributed by atoms with Crippen LogP contribution in [0.1, 0.15) is 0 Å². The first-order chi connectivity index (χ1) is 9.80. The van der Waals surface area contributed by atoms with E-state index in [-0.39, 0.29) is 18.0 Å². The minimum absolute atomic E-state index is 0.0124. The molecule has 21 heavy (non-hydrogen) atoms. The lowest BCUT2D eigenvalue weighted by atomic mass is 10.1. The molecular formula is C13H18FN3O3S. The Morgan fingerprint density at radius 3 is 2.67 bits per heavy atom. The second-order valence-corrected chi connectivity index (χ2v) is 7.12. The molecule has 8 heteroatoms. The molecule has 116 valence electrons. The summed E-state index contributed by atoms with van der Waals surface area (Å²) in [7, 11) is -2.04. The monoisotopic (exact) mass is 315 g/mol. The van der Waals surface area contributed by atoms with Crippen LogP contribution in [0, 0.1) is 11.7 Å². The summed E-state index contributed by atoms with van der Waals surface area (Å²) < 4.78 is 39.6. The van der Waals surface area contributed by atoms with Gasteiger partial charge in [-0.15, -0.1) is 0 Å². The molecule has 6 nitrogen and oxygen atoms in total. The number of primary amides is 1. The predicted octanol–water partition coefficient (Wildman–Crippen LogP) is -0.137. The molecule has 1 atom stereocenters. The van der Waals surface area contributed by atoms with Gasteiger partial charge in [0.1, 0.15) is 5.82 Å². The van der Waals surface area contributed by atoms with Gasteiger partial charge in [0.15, 0.2) is 0 Å². The number of nitrogens with zero attached hydrogens (tertiary/aromatic N) is 2. The molecule has 0 spiro atoms. The molecule has 1 saturated heterocycles. The van der Waals surface area contributed by atoms with E-state index < -0.39 is 27.7 Å². The number of amides is 1. The van der Waals surface area contributed by atoms with Crippen molar-refractivity contribution in [3.05, 3.63) is 30.1 Å². The second kappa shape index (κ2) is 6.08. The number of halogens is 1. The lowest BCUT2D eigenvalue weighted by molar-refractivity contribution is -0.122. The van der Waals surface area contributed by atoms with Crippen molar-refractivity contribution in [3.63, 3.8) is 0 Å². The molecule has 2 N–H and O–H groups in total. The van der Waals surface area contributed by atoms with Gasteiger partial charge in [0, 0.05) is 26.2 Å². The maximum atomic E-state index is 13.2. The third-order valence-corrected chi connectivity index (χ3v) is 5.38. The summed E-state index contributed by atoms with van der Waals surface area (Å²) in [6, 6.07) is 4.84. The first-order valence-electron chi connectivity index (χ1n) is 6.54. The summed E-state index contributed by atoms with van der Waals surface area (Å²) in [6.45, 7) is 1.14. The zero-order valence-corrected chi connectivity index (χ0v) is 12.5. The average molecular weight is 315 g/mol. The fraction of sp³-hybridized carbons (Fsp3) is 0.462. The molecule has 1 aliphatic heterocycles. The first-order valence-corrected chi connectivity index (χ1v) is 7.98. The molecule has 0 unspecified atom stereocenters. The van der Waals surface area contributed by atoms with Crippen LogP contribution in [0.2, 0.25) is 0 Å². The van der Waals surface area contributed by atoms with Crippen LogP contribution in [0.5, 0.6) is 0 Å². The van der Waals surface area contributed by atoms with E-state index in [1.54, 1.807) is 7.05 Å². The van der Waals surface area contributed by atoms with Gasteiger partial charge in [-0.2, -0.15) is 4.31 Å². The molecule has 1 aromatic carbocycles. The highest BCUT2D eigenvalue weighted by atomic mass is 32.2. The van der Waals surface area contributed by atoms with E-state index in [2.05, 4.69) is 0 Å². The van der Waals surface area contributed by atoms with Gasteiger partial charge in [-0.1, -0.05) is 6.07 Å². The maximum absolute atomic E-state index is 13.2. The van der Waals surface area contributed by atoms with Crippen LogP contribution < -0.4 is 5.73 Å². The summed E-state index contributed by atoms with van der Waals surface area (Å²) in [4.78, 5) is 13.2. The van der Waals surface area contributed by atoms with Crippen LogP contribution in [0.4, 0.5) is 4.39 Å². The molecule has 0 aliphatic carbocycles. The summed E-state index contributed by atoms with van der Waals surface area (Å²) in [5, 5.41) is 0. The Morgan fingerprint density at radius 1 is 1.33 bits per heavy atom. The summed E-state index contributed by atoms with van der Waals surface area (Å²) in [5.74, 6) is -1.74. The predicted molar refractivity (Wildman–Crippen MR) is 75.3 cm³/mol. The SMILES string of the molecule is CN1CCN(S(=O)(=O)c2cccc(F)c2)C[C@H](C(N)=O)C1. The first kappa shape index (κ1) is 15.9. The van der Waals surface area contributed by atoms with Gasteiger partial charge in [-0.05, 0) is 25.2 Å². The largest absolute Gasteiger partial charge is 0.369 e. The maximum Gasteiger partial charge on any atom is 0.243 e. The Labute approximate surface area is 123 Å². The second-order valence-electron chi connectivity index (χ2n) is 5.18. The van der Waals surface area contributed by atoms with Crippen LogP contribution in [0.3, 0.4) is 0 Å². The van der Waals surface area contributed by atoms with Crippen LogP contribution in [-0.2, 0) is 14.8 Å². The minimum Gasteiger partial charge on any atom is -0.369 e. The van der Waals surface area contributed by atoms with Gasteiger partial charge in [-0.25, -0.2) is 12.8 Å². The van der Waals surface area contributed by atoms with Gasteiger partial charge in [0.2, 0.25) is 15.9 Å². The number of rotatable bonds is 3. The summed E-state index contributed by atoms with van der Waals surface area (Å²) in [6.07, 6.45) is 0. The number of sulfonamides is 1. The van der Waals surface area contributed by atoms with Crippen molar-refractivity contribution < 1.29 is 17.6 Å². The van der Waals surface area contributed by atoms with E-state index >= 15 is 0 Å². The molecule has 1 heterocycles. The van der Waals surface area contributed by atoms with E-state index in [4.69, 9.17) is 5.73 Å². The van der Waals surface area contributed by atoms with E-state index in [0.717, 1.165) is 6.07 Å². The van der Waals surface area contributed by atoms with Crippen LogP contribution in [0.25, 0.3) is 0 Å². The van der Waals surface area contributed by atoms with Crippen molar-refractivity contribution in [2.24, 2.45) is 11.7 Å². The van der Waals surface area contributed by atoms with Gasteiger partial charge in [-0.3, -0.25) is 4.79 Å². The van der Waals surface area contributed by atoms with Gasteiger partial charge < -0.3 is 10.6 Å². The number of benzene rings is 1. The topological polar surface area (TPSA) is 83.7 Å².